The molecule has 0 aliphatic rings. The number of hydrogen-bond donors (Lipinski definition) is 2. The molecule has 0 saturated carbocycles. The summed E-state index contributed by atoms with van der Waals surface area (Å²) in [5.41, 5.74) is 2.65. The fourth-order valence-corrected chi connectivity index (χ4v) is 1.89. The summed E-state index contributed by atoms with van der Waals surface area (Å²) >= 11 is 0. The molecule has 0 fully saturated rings. The van der Waals surface area contributed by atoms with Gasteiger partial charge in [0.2, 0.25) is 0 Å². The molecule has 0 spiro atoms. The third-order valence-electron chi connectivity index (χ3n) is 2.80. The van der Waals surface area contributed by atoms with Crippen LogP contribution in [0.25, 0.3) is 11.1 Å². The second-order valence-electron chi connectivity index (χ2n) is 4.34. The second kappa shape index (κ2) is 4.65. The van der Waals surface area contributed by atoms with Gasteiger partial charge in [-0.15, -0.1) is 0 Å². The Morgan fingerprint density at radius 3 is 2.95 bits per heavy atom. The van der Waals surface area contributed by atoms with Gasteiger partial charge in [-0.2, -0.15) is 0 Å². The van der Waals surface area contributed by atoms with Crippen molar-refractivity contribution in [2.24, 2.45) is 0 Å². The smallest absolute Gasteiger partial charge is 0.408 e. The second-order valence-corrected chi connectivity index (χ2v) is 4.34. The highest BCUT2D eigenvalue weighted by Crippen LogP contribution is 2.16. The van der Waals surface area contributed by atoms with E-state index in [1.165, 1.54) is 0 Å². The molecule has 0 saturated heterocycles. The molecule has 3 rings (SSSR count). The number of H-pyrrole nitrogens is 1. The van der Waals surface area contributed by atoms with Gasteiger partial charge in [0.1, 0.15) is 5.69 Å². The number of fused-ring (bicyclic) bond motifs is 1. The number of nitrogens with one attached hydrogen (secondary N) is 2. The van der Waals surface area contributed by atoms with Crippen LogP contribution in [0.15, 0.2) is 45.6 Å². The summed E-state index contributed by atoms with van der Waals surface area (Å²) < 4.78 is 4.89. The minimum atomic E-state index is -0.524. The van der Waals surface area contributed by atoms with E-state index in [-0.39, 0.29) is 5.91 Å². The van der Waals surface area contributed by atoms with Crippen LogP contribution < -0.4 is 11.1 Å². The third kappa shape index (κ3) is 2.31. The number of hydrogen-bond acceptors (Lipinski definition) is 4. The van der Waals surface area contributed by atoms with E-state index in [9.17, 15) is 9.59 Å². The first-order valence-corrected chi connectivity index (χ1v) is 6.00. The first-order valence-electron chi connectivity index (χ1n) is 6.00. The molecule has 100 valence electrons. The van der Waals surface area contributed by atoms with Gasteiger partial charge < -0.3 is 9.73 Å². The van der Waals surface area contributed by atoms with Crippen LogP contribution in [0, 0.1) is 6.92 Å². The molecule has 2 aromatic heterocycles. The Hall–Kier alpha value is -2.89. The van der Waals surface area contributed by atoms with E-state index in [1.807, 2.05) is 13.0 Å². The monoisotopic (exact) mass is 269 g/mol. The number of anilines is 1. The quantitative estimate of drug-likeness (QED) is 0.745. The van der Waals surface area contributed by atoms with Gasteiger partial charge in [-0.3, -0.25) is 9.78 Å². The highest BCUT2D eigenvalue weighted by Gasteiger charge is 2.09. The number of aromatic nitrogens is 2. The van der Waals surface area contributed by atoms with Crippen molar-refractivity contribution >= 4 is 22.7 Å². The number of aromatic amines is 1. The number of carbonyl (C=O) groups is 1. The average Bonchev–Trinajstić information content (AvgIpc) is 2.78. The van der Waals surface area contributed by atoms with Crippen LogP contribution in [0.3, 0.4) is 0 Å². The molecule has 6 heteroatoms. The topological polar surface area (TPSA) is 88.0 Å². The molecule has 6 nitrogen and oxygen atoms in total. The molecule has 1 aromatic carbocycles. The Kier molecular flexibility index (Phi) is 2.83. The molecular weight excluding hydrogens is 258 g/mol. The van der Waals surface area contributed by atoms with Gasteiger partial charge in [-0.1, -0.05) is 6.07 Å². The van der Waals surface area contributed by atoms with Gasteiger partial charge in [-0.05, 0) is 37.3 Å². The number of aryl methyl sites for hydroxylation is 1. The summed E-state index contributed by atoms with van der Waals surface area (Å²) in [5, 5.41) is 2.72. The lowest BCUT2D eigenvalue weighted by molar-refractivity contribution is 0.102. The Labute approximate surface area is 113 Å². The van der Waals surface area contributed by atoms with Crippen molar-refractivity contribution in [3.8, 4) is 0 Å². The van der Waals surface area contributed by atoms with Crippen molar-refractivity contribution in [2.45, 2.75) is 6.92 Å². The van der Waals surface area contributed by atoms with Crippen molar-refractivity contribution in [1.29, 1.82) is 0 Å². The lowest BCUT2D eigenvalue weighted by Crippen LogP contribution is -2.13. The predicted molar refractivity (Wildman–Crippen MR) is 73.8 cm³/mol. The fraction of sp³-hybridized carbons (Fsp3) is 0.0714. The third-order valence-corrected chi connectivity index (χ3v) is 2.80. The predicted octanol–water partition coefficient (Wildman–Crippen LogP) is 2.08. The standard InChI is InChI=1S/C14H11N3O3/c1-8-3-2-4-10(15-8)13(18)16-9-5-6-12-11(7-9)17-14(19)20-12/h2-7H,1H3,(H,16,18)(H,17,19). The van der Waals surface area contributed by atoms with Gasteiger partial charge in [0.15, 0.2) is 5.58 Å². The van der Waals surface area contributed by atoms with Gasteiger partial charge in [0.05, 0.1) is 5.52 Å². The van der Waals surface area contributed by atoms with E-state index in [4.69, 9.17) is 4.42 Å². The van der Waals surface area contributed by atoms with Crippen LogP contribution in [0.4, 0.5) is 5.69 Å². The van der Waals surface area contributed by atoms with E-state index in [2.05, 4.69) is 15.3 Å². The molecule has 0 aliphatic heterocycles. The first kappa shape index (κ1) is 12.2. The normalized spacial score (nSPS) is 10.7. The minimum absolute atomic E-state index is 0.307. The van der Waals surface area contributed by atoms with E-state index >= 15 is 0 Å². The van der Waals surface area contributed by atoms with E-state index in [1.54, 1.807) is 30.3 Å². The zero-order valence-corrected chi connectivity index (χ0v) is 10.6. The summed E-state index contributed by atoms with van der Waals surface area (Å²) in [7, 11) is 0. The number of amides is 1. The number of oxazole rings is 1. The van der Waals surface area contributed by atoms with Crippen LogP contribution in [-0.4, -0.2) is 15.9 Å². The molecule has 0 atom stereocenters. The van der Waals surface area contributed by atoms with Crippen LogP contribution in [0.5, 0.6) is 0 Å². The maximum Gasteiger partial charge on any atom is 0.417 e. The van der Waals surface area contributed by atoms with Crippen molar-refractivity contribution in [2.75, 3.05) is 5.32 Å². The number of benzene rings is 1. The molecule has 20 heavy (non-hydrogen) atoms. The molecular formula is C14H11N3O3. The van der Waals surface area contributed by atoms with E-state index in [0.29, 0.717) is 22.5 Å². The summed E-state index contributed by atoms with van der Waals surface area (Å²) in [6.45, 7) is 1.82. The van der Waals surface area contributed by atoms with Crippen LogP contribution in [0.2, 0.25) is 0 Å². The molecule has 2 heterocycles. The number of nitrogens with zero attached hydrogens (tertiary/aromatic N) is 1. The fourth-order valence-electron chi connectivity index (χ4n) is 1.89. The Balaban J connectivity index is 1.88. The molecule has 3 aromatic rings. The van der Waals surface area contributed by atoms with E-state index in [0.717, 1.165) is 5.69 Å². The minimum Gasteiger partial charge on any atom is -0.408 e. The number of carbonyl (C=O) groups excluding carboxylic acids is 1. The van der Waals surface area contributed by atoms with Crippen molar-refractivity contribution in [1.82, 2.24) is 9.97 Å². The molecule has 0 unspecified atom stereocenters. The number of pyridine rings is 1. The average molecular weight is 269 g/mol. The highest BCUT2D eigenvalue weighted by atomic mass is 16.4. The molecule has 0 aliphatic carbocycles. The van der Waals surface area contributed by atoms with Crippen molar-refractivity contribution in [3.05, 3.63) is 58.3 Å². The highest BCUT2D eigenvalue weighted by molar-refractivity contribution is 6.03. The molecule has 0 bridgehead atoms. The number of rotatable bonds is 2. The molecule has 1 amide bonds. The Morgan fingerprint density at radius 2 is 2.15 bits per heavy atom. The van der Waals surface area contributed by atoms with E-state index < -0.39 is 5.76 Å². The van der Waals surface area contributed by atoms with Gasteiger partial charge in [0.25, 0.3) is 5.91 Å². The summed E-state index contributed by atoms with van der Waals surface area (Å²) in [6, 6.07) is 10.1. The maximum absolute atomic E-state index is 12.0. The summed E-state index contributed by atoms with van der Waals surface area (Å²) in [4.78, 5) is 29.8. The van der Waals surface area contributed by atoms with Crippen LogP contribution in [-0.2, 0) is 0 Å². The van der Waals surface area contributed by atoms with Gasteiger partial charge >= 0.3 is 5.76 Å². The van der Waals surface area contributed by atoms with Crippen LogP contribution in [0.1, 0.15) is 16.2 Å². The SMILES string of the molecule is Cc1cccc(C(=O)Nc2ccc3oc(=O)[nH]c3c2)n1. The zero-order valence-electron chi connectivity index (χ0n) is 10.6. The van der Waals surface area contributed by atoms with Crippen molar-refractivity contribution < 1.29 is 9.21 Å². The lowest BCUT2D eigenvalue weighted by Gasteiger charge is -2.04. The molecule has 2 N–H and O–H groups in total. The Bertz CT molecular complexity index is 848. The van der Waals surface area contributed by atoms with Crippen LogP contribution >= 0.6 is 0 Å². The zero-order chi connectivity index (χ0) is 14.1. The largest absolute Gasteiger partial charge is 0.417 e. The first-order chi connectivity index (χ1) is 9.61. The summed E-state index contributed by atoms with van der Waals surface area (Å²) in [5.74, 6) is -0.831. The maximum atomic E-state index is 12.0. The lowest BCUT2D eigenvalue weighted by atomic mass is 10.2. The summed E-state index contributed by atoms with van der Waals surface area (Å²) in [6.07, 6.45) is 0. The van der Waals surface area contributed by atoms with Gasteiger partial charge in [0, 0.05) is 11.4 Å². The van der Waals surface area contributed by atoms with Gasteiger partial charge in [-0.25, -0.2) is 9.78 Å². The Morgan fingerprint density at radius 1 is 1.30 bits per heavy atom. The van der Waals surface area contributed by atoms with Crippen molar-refractivity contribution in [3.63, 3.8) is 0 Å². The molecule has 0 radical (unpaired) electrons.